The maximum absolute atomic E-state index is 4.31. The van der Waals surface area contributed by atoms with Gasteiger partial charge in [0.25, 0.3) is 0 Å². The summed E-state index contributed by atoms with van der Waals surface area (Å²) in [6.45, 7) is 5.70. The number of hydrogen-bond donors (Lipinski definition) is 1. The van der Waals surface area contributed by atoms with Crippen LogP contribution in [0.1, 0.15) is 9.75 Å². The van der Waals surface area contributed by atoms with Crippen LogP contribution < -0.4 is 0 Å². The average Bonchev–Trinajstić information content (AvgIpc) is 2.36. The molecule has 1 rings (SSSR count). The fourth-order valence-electron chi connectivity index (χ4n) is 0.766. The normalized spacial score (nSPS) is 11.6. The summed E-state index contributed by atoms with van der Waals surface area (Å²) < 4.78 is 0. The maximum atomic E-state index is 4.31. The molecule has 0 aromatic carbocycles. The van der Waals surface area contributed by atoms with Crippen LogP contribution in [-0.2, 0) is 0 Å². The third-order valence-electron chi connectivity index (χ3n) is 1.27. The Morgan fingerprint density at radius 1 is 1.64 bits per heavy atom. The van der Waals surface area contributed by atoms with Crippen molar-refractivity contribution < 1.29 is 0 Å². The zero-order chi connectivity index (χ0) is 8.27. The molecule has 0 aliphatic carbocycles. The van der Waals surface area contributed by atoms with E-state index in [0.717, 1.165) is 4.91 Å². The first kappa shape index (κ1) is 8.62. The molecule has 0 aliphatic heterocycles. The van der Waals surface area contributed by atoms with Gasteiger partial charge in [-0.25, -0.2) is 0 Å². The lowest BCUT2D eigenvalue weighted by Gasteiger charge is -1.90. The van der Waals surface area contributed by atoms with Gasteiger partial charge in [-0.1, -0.05) is 12.7 Å². The van der Waals surface area contributed by atoms with Crippen molar-refractivity contribution in [2.45, 2.75) is 6.92 Å². The molecule has 0 bridgehead atoms. The van der Waals surface area contributed by atoms with Gasteiger partial charge in [0.15, 0.2) is 0 Å². The van der Waals surface area contributed by atoms with Crippen LogP contribution in [0.15, 0.2) is 30.9 Å². The molecule has 0 unspecified atom stereocenters. The van der Waals surface area contributed by atoms with Gasteiger partial charge in [0.1, 0.15) is 0 Å². The highest BCUT2D eigenvalue weighted by Gasteiger charge is 1.97. The van der Waals surface area contributed by atoms with Crippen LogP contribution in [0.5, 0.6) is 0 Å². The van der Waals surface area contributed by atoms with E-state index in [4.69, 9.17) is 0 Å². The Balaban J connectivity index is 2.93. The van der Waals surface area contributed by atoms with Crippen LogP contribution in [-0.4, -0.2) is 0 Å². The molecule has 58 valence electrons. The topological polar surface area (TPSA) is 0 Å². The van der Waals surface area contributed by atoms with Gasteiger partial charge in [-0.15, -0.1) is 24.0 Å². The van der Waals surface area contributed by atoms with Gasteiger partial charge < -0.3 is 0 Å². The van der Waals surface area contributed by atoms with E-state index in [0.29, 0.717) is 0 Å². The summed E-state index contributed by atoms with van der Waals surface area (Å²) in [7, 11) is 0. The van der Waals surface area contributed by atoms with E-state index in [9.17, 15) is 0 Å². The molecule has 0 fully saturated rings. The van der Waals surface area contributed by atoms with E-state index in [1.165, 1.54) is 9.75 Å². The number of thiol groups is 1. The van der Waals surface area contributed by atoms with E-state index in [2.05, 4.69) is 38.3 Å². The van der Waals surface area contributed by atoms with Gasteiger partial charge in [0.2, 0.25) is 0 Å². The highest BCUT2D eigenvalue weighted by molar-refractivity contribution is 7.90. The average molecular weight is 182 g/mol. The molecule has 1 aromatic heterocycles. The third-order valence-corrected chi connectivity index (χ3v) is 2.84. The molecule has 0 nitrogen and oxygen atoms in total. The van der Waals surface area contributed by atoms with Crippen LogP contribution in [0.25, 0.3) is 4.91 Å². The number of thiophene rings is 1. The fraction of sp³-hybridized carbons (Fsp3) is 0.111. The second kappa shape index (κ2) is 3.79. The Bertz CT molecular complexity index is 282. The van der Waals surface area contributed by atoms with E-state index < -0.39 is 0 Å². The van der Waals surface area contributed by atoms with Gasteiger partial charge >= 0.3 is 0 Å². The lowest BCUT2D eigenvalue weighted by atomic mass is 10.4. The first-order chi connectivity index (χ1) is 5.24. The lowest BCUT2D eigenvalue weighted by molar-refractivity contribution is 1.64. The molecule has 11 heavy (non-hydrogen) atoms. The molecule has 0 saturated heterocycles. The Morgan fingerprint density at radius 3 is 2.82 bits per heavy atom. The van der Waals surface area contributed by atoms with Crippen LogP contribution >= 0.6 is 24.0 Å². The minimum Gasteiger partial charge on any atom is -0.142 e. The van der Waals surface area contributed by atoms with Gasteiger partial charge in [-0.2, -0.15) is 0 Å². The Labute approximate surface area is 76.7 Å². The largest absolute Gasteiger partial charge is 0.142 e. The lowest BCUT2D eigenvalue weighted by Crippen LogP contribution is -1.63. The molecular weight excluding hydrogens is 172 g/mol. The molecule has 0 aliphatic rings. The summed E-state index contributed by atoms with van der Waals surface area (Å²) in [5, 5.41) is 0. The smallest absolute Gasteiger partial charge is 0.0406 e. The first-order valence-corrected chi connectivity index (χ1v) is 4.59. The minimum absolute atomic E-state index is 0.984. The molecule has 0 N–H and O–H groups in total. The molecular formula is C9H10S2. The van der Waals surface area contributed by atoms with E-state index in [1.807, 2.05) is 6.08 Å². The predicted octanol–water partition coefficient (Wildman–Crippen LogP) is 3.51. The third kappa shape index (κ3) is 2.24. The van der Waals surface area contributed by atoms with Crippen molar-refractivity contribution in [3.05, 3.63) is 40.6 Å². The molecule has 0 amide bonds. The Kier molecular flexibility index (Phi) is 2.97. The quantitative estimate of drug-likeness (QED) is 0.525. The van der Waals surface area contributed by atoms with Crippen molar-refractivity contribution in [1.29, 1.82) is 0 Å². The summed E-state index contributed by atoms with van der Waals surface area (Å²) in [4.78, 5) is 3.49. The van der Waals surface area contributed by atoms with Crippen LogP contribution in [0.3, 0.4) is 0 Å². The van der Waals surface area contributed by atoms with Crippen molar-refractivity contribution in [3.8, 4) is 0 Å². The van der Waals surface area contributed by atoms with Crippen molar-refractivity contribution in [1.82, 2.24) is 0 Å². The van der Waals surface area contributed by atoms with Crippen LogP contribution in [0.2, 0.25) is 0 Å². The van der Waals surface area contributed by atoms with Crippen molar-refractivity contribution in [2.75, 3.05) is 0 Å². The number of aryl methyl sites for hydroxylation is 1. The molecule has 0 spiro atoms. The van der Waals surface area contributed by atoms with Gasteiger partial charge in [-0.3, -0.25) is 0 Å². The van der Waals surface area contributed by atoms with E-state index in [1.54, 1.807) is 17.4 Å². The first-order valence-electron chi connectivity index (χ1n) is 3.32. The van der Waals surface area contributed by atoms with Crippen molar-refractivity contribution >= 4 is 28.9 Å². The van der Waals surface area contributed by atoms with Gasteiger partial charge in [-0.05, 0) is 25.1 Å². The SMILES string of the molecule is C=C/C=C(\S)c1ccc(C)s1. The summed E-state index contributed by atoms with van der Waals surface area (Å²) in [6, 6.07) is 4.16. The number of rotatable bonds is 2. The number of hydrogen-bond acceptors (Lipinski definition) is 2. The molecule has 2 heteroatoms. The molecule has 1 aromatic rings. The summed E-state index contributed by atoms with van der Waals surface area (Å²) >= 11 is 6.06. The zero-order valence-corrected chi connectivity index (χ0v) is 8.08. The fourth-order valence-corrected chi connectivity index (χ4v) is 1.87. The zero-order valence-electron chi connectivity index (χ0n) is 6.37. The van der Waals surface area contributed by atoms with Crippen LogP contribution in [0.4, 0.5) is 0 Å². The molecule has 1 heterocycles. The second-order valence-electron chi connectivity index (χ2n) is 2.20. The summed E-state index contributed by atoms with van der Waals surface area (Å²) in [5.74, 6) is 0. The maximum Gasteiger partial charge on any atom is 0.0406 e. The van der Waals surface area contributed by atoms with Gasteiger partial charge in [0, 0.05) is 14.7 Å². The van der Waals surface area contributed by atoms with Crippen molar-refractivity contribution in [2.24, 2.45) is 0 Å². The molecule has 0 atom stereocenters. The molecule has 0 radical (unpaired) electrons. The number of allylic oxidation sites excluding steroid dienone is 2. The van der Waals surface area contributed by atoms with E-state index in [-0.39, 0.29) is 0 Å². The Hall–Kier alpha value is -0.470. The van der Waals surface area contributed by atoms with Crippen LogP contribution in [0, 0.1) is 6.92 Å². The Morgan fingerprint density at radius 2 is 2.36 bits per heavy atom. The van der Waals surface area contributed by atoms with Gasteiger partial charge in [0.05, 0.1) is 0 Å². The summed E-state index contributed by atoms with van der Waals surface area (Å²) in [6.07, 6.45) is 3.64. The second-order valence-corrected chi connectivity index (χ2v) is 3.97. The molecule has 0 saturated carbocycles. The predicted molar refractivity (Wildman–Crippen MR) is 56.2 cm³/mol. The highest BCUT2D eigenvalue weighted by Crippen LogP contribution is 2.25. The highest BCUT2D eigenvalue weighted by atomic mass is 32.1. The minimum atomic E-state index is 0.984. The summed E-state index contributed by atoms with van der Waals surface area (Å²) in [5.41, 5.74) is 0. The van der Waals surface area contributed by atoms with E-state index >= 15 is 0 Å². The standard InChI is InChI=1S/C9H10S2/c1-3-4-8(10)9-6-5-7(2)11-9/h3-6,10H,1H2,2H3/b8-4-. The van der Waals surface area contributed by atoms with Crippen molar-refractivity contribution in [3.63, 3.8) is 0 Å². The monoisotopic (exact) mass is 182 g/mol.